The normalized spacial score (nSPS) is 15.7. The lowest BCUT2D eigenvalue weighted by atomic mass is 10.00. The van der Waals surface area contributed by atoms with E-state index in [4.69, 9.17) is 4.98 Å². The number of nitrogens with zero attached hydrogens (tertiary/aromatic N) is 3. The smallest absolute Gasteiger partial charge is 0.227 e. The van der Waals surface area contributed by atoms with Crippen LogP contribution >= 0.6 is 0 Å². The van der Waals surface area contributed by atoms with E-state index >= 15 is 0 Å². The Hall–Kier alpha value is -2.10. The van der Waals surface area contributed by atoms with Crippen molar-refractivity contribution in [3.8, 4) is 0 Å². The van der Waals surface area contributed by atoms with Crippen LogP contribution in [0.2, 0.25) is 0 Å². The third-order valence-corrected chi connectivity index (χ3v) is 4.78. The van der Waals surface area contributed by atoms with E-state index in [9.17, 15) is 0 Å². The molecule has 1 N–H and O–H groups in total. The van der Waals surface area contributed by atoms with E-state index < -0.39 is 0 Å². The molecule has 4 heteroatoms. The van der Waals surface area contributed by atoms with Gasteiger partial charge in [0.2, 0.25) is 5.95 Å². The van der Waals surface area contributed by atoms with Crippen molar-refractivity contribution in [3.63, 3.8) is 0 Å². The summed E-state index contributed by atoms with van der Waals surface area (Å²) in [5, 5.41) is 3.46. The van der Waals surface area contributed by atoms with Crippen molar-refractivity contribution in [1.29, 1.82) is 0 Å². The standard InChI is InChI=1S/C19H26N4/c1-13-8-10-23(11-9-13)19-20-15(3)12-18(22-19)21-17-7-5-6-14(2)16(17)4/h5-7,12-13H,8-11H2,1-4H3,(H,20,21,22). The highest BCUT2D eigenvalue weighted by molar-refractivity contribution is 5.63. The maximum atomic E-state index is 4.75. The maximum absolute atomic E-state index is 4.75. The summed E-state index contributed by atoms with van der Waals surface area (Å²) in [7, 11) is 0. The Morgan fingerprint density at radius 3 is 2.57 bits per heavy atom. The summed E-state index contributed by atoms with van der Waals surface area (Å²) < 4.78 is 0. The fourth-order valence-electron chi connectivity index (χ4n) is 2.99. The van der Waals surface area contributed by atoms with Gasteiger partial charge in [-0.1, -0.05) is 19.1 Å². The van der Waals surface area contributed by atoms with Gasteiger partial charge in [-0.2, -0.15) is 4.98 Å². The maximum Gasteiger partial charge on any atom is 0.227 e. The summed E-state index contributed by atoms with van der Waals surface area (Å²) in [6.07, 6.45) is 2.44. The van der Waals surface area contributed by atoms with Crippen molar-refractivity contribution in [2.75, 3.05) is 23.3 Å². The molecule has 1 fully saturated rings. The Morgan fingerprint density at radius 2 is 1.83 bits per heavy atom. The van der Waals surface area contributed by atoms with E-state index in [2.05, 4.69) is 54.2 Å². The minimum Gasteiger partial charge on any atom is -0.341 e. The summed E-state index contributed by atoms with van der Waals surface area (Å²) in [4.78, 5) is 11.7. The minimum atomic E-state index is 0.809. The first-order valence-corrected chi connectivity index (χ1v) is 8.47. The van der Waals surface area contributed by atoms with E-state index in [-0.39, 0.29) is 0 Å². The van der Waals surface area contributed by atoms with Gasteiger partial charge in [0.15, 0.2) is 0 Å². The van der Waals surface area contributed by atoms with Crippen LogP contribution in [0.5, 0.6) is 0 Å². The average Bonchev–Trinajstić information content (AvgIpc) is 2.52. The lowest BCUT2D eigenvalue weighted by Gasteiger charge is -2.30. The predicted molar refractivity (Wildman–Crippen MR) is 96.6 cm³/mol. The van der Waals surface area contributed by atoms with Crippen molar-refractivity contribution in [1.82, 2.24) is 9.97 Å². The highest BCUT2D eigenvalue weighted by atomic mass is 15.3. The SMILES string of the molecule is Cc1cc(Nc2cccc(C)c2C)nc(N2CCC(C)CC2)n1. The van der Waals surface area contributed by atoms with Gasteiger partial charge in [-0.05, 0) is 56.7 Å². The molecule has 1 aromatic carbocycles. The van der Waals surface area contributed by atoms with E-state index in [1.807, 2.05) is 13.0 Å². The molecule has 3 rings (SSSR count). The second kappa shape index (κ2) is 6.57. The van der Waals surface area contributed by atoms with Gasteiger partial charge < -0.3 is 10.2 Å². The minimum absolute atomic E-state index is 0.809. The number of anilines is 3. The molecule has 23 heavy (non-hydrogen) atoms. The Balaban J connectivity index is 1.84. The second-order valence-electron chi connectivity index (χ2n) is 6.74. The van der Waals surface area contributed by atoms with E-state index in [1.165, 1.54) is 24.0 Å². The monoisotopic (exact) mass is 310 g/mol. The van der Waals surface area contributed by atoms with Crippen molar-refractivity contribution in [3.05, 3.63) is 41.1 Å². The molecule has 4 nitrogen and oxygen atoms in total. The molecule has 1 aliphatic rings. The fraction of sp³-hybridized carbons (Fsp3) is 0.474. The predicted octanol–water partition coefficient (Wildman–Crippen LogP) is 4.38. The summed E-state index contributed by atoms with van der Waals surface area (Å²) >= 11 is 0. The topological polar surface area (TPSA) is 41.1 Å². The molecule has 1 aliphatic heterocycles. The van der Waals surface area contributed by atoms with E-state index in [0.29, 0.717) is 0 Å². The summed E-state index contributed by atoms with van der Waals surface area (Å²) in [5.74, 6) is 2.54. The van der Waals surface area contributed by atoms with Crippen LogP contribution in [-0.2, 0) is 0 Å². The Bertz CT molecular complexity index is 688. The number of aromatic nitrogens is 2. The molecule has 1 aromatic heterocycles. The molecule has 0 spiro atoms. The lowest BCUT2D eigenvalue weighted by molar-refractivity contribution is 0.434. The van der Waals surface area contributed by atoms with Crippen LogP contribution < -0.4 is 10.2 Å². The molecule has 0 unspecified atom stereocenters. The van der Waals surface area contributed by atoms with Crippen LogP contribution in [0.25, 0.3) is 0 Å². The fourth-order valence-corrected chi connectivity index (χ4v) is 2.99. The largest absolute Gasteiger partial charge is 0.341 e. The quantitative estimate of drug-likeness (QED) is 0.913. The molecule has 0 radical (unpaired) electrons. The van der Waals surface area contributed by atoms with Crippen LogP contribution in [0.1, 0.15) is 36.6 Å². The highest BCUT2D eigenvalue weighted by Crippen LogP contribution is 2.25. The first-order valence-electron chi connectivity index (χ1n) is 8.47. The average molecular weight is 310 g/mol. The molecule has 2 heterocycles. The zero-order valence-electron chi connectivity index (χ0n) is 14.6. The molecule has 0 atom stereocenters. The molecule has 0 bridgehead atoms. The zero-order chi connectivity index (χ0) is 16.4. The third kappa shape index (κ3) is 3.63. The number of rotatable bonds is 3. The van der Waals surface area contributed by atoms with Crippen molar-refractivity contribution in [2.45, 2.75) is 40.5 Å². The Labute approximate surface area is 139 Å². The third-order valence-electron chi connectivity index (χ3n) is 4.78. The van der Waals surface area contributed by atoms with Gasteiger partial charge in [-0.25, -0.2) is 4.98 Å². The molecule has 1 saturated heterocycles. The zero-order valence-corrected chi connectivity index (χ0v) is 14.6. The molecule has 0 saturated carbocycles. The summed E-state index contributed by atoms with van der Waals surface area (Å²) in [5.41, 5.74) is 4.66. The summed E-state index contributed by atoms with van der Waals surface area (Å²) in [6, 6.07) is 8.32. The number of hydrogen-bond donors (Lipinski definition) is 1. The van der Waals surface area contributed by atoms with Gasteiger partial charge in [0.1, 0.15) is 5.82 Å². The number of hydrogen-bond acceptors (Lipinski definition) is 4. The van der Waals surface area contributed by atoms with Gasteiger partial charge in [-0.3, -0.25) is 0 Å². The van der Waals surface area contributed by atoms with E-state index in [1.54, 1.807) is 0 Å². The van der Waals surface area contributed by atoms with E-state index in [0.717, 1.165) is 42.2 Å². The molecule has 2 aromatic rings. The Morgan fingerprint density at radius 1 is 1.09 bits per heavy atom. The van der Waals surface area contributed by atoms with Gasteiger partial charge >= 0.3 is 0 Å². The van der Waals surface area contributed by atoms with Crippen LogP contribution in [-0.4, -0.2) is 23.1 Å². The first kappa shape index (κ1) is 15.8. The number of benzene rings is 1. The van der Waals surface area contributed by atoms with Crippen LogP contribution in [0.3, 0.4) is 0 Å². The van der Waals surface area contributed by atoms with Crippen LogP contribution in [0, 0.1) is 26.7 Å². The molecule has 122 valence electrons. The van der Waals surface area contributed by atoms with Crippen LogP contribution in [0.15, 0.2) is 24.3 Å². The molecular weight excluding hydrogens is 284 g/mol. The van der Waals surface area contributed by atoms with Gasteiger partial charge in [-0.15, -0.1) is 0 Å². The van der Waals surface area contributed by atoms with Gasteiger partial charge in [0.05, 0.1) is 0 Å². The first-order chi connectivity index (χ1) is 11.0. The second-order valence-corrected chi connectivity index (χ2v) is 6.74. The molecular formula is C19H26N4. The highest BCUT2D eigenvalue weighted by Gasteiger charge is 2.18. The number of nitrogens with one attached hydrogen (secondary N) is 1. The molecule has 0 aliphatic carbocycles. The molecule has 0 amide bonds. The van der Waals surface area contributed by atoms with Crippen molar-refractivity contribution in [2.24, 2.45) is 5.92 Å². The van der Waals surface area contributed by atoms with Gasteiger partial charge in [0.25, 0.3) is 0 Å². The number of aryl methyl sites for hydroxylation is 2. The Kier molecular flexibility index (Phi) is 4.51. The van der Waals surface area contributed by atoms with Crippen molar-refractivity contribution >= 4 is 17.5 Å². The number of piperidine rings is 1. The lowest BCUT2D eigenvalue weighted by Crippen LogP contribution is -2.34. The summed E-state index contributed by atoms with van der Waals surface area (Å²) in [6.45, 7) is 10.7. The van der Waals surface area contributed by atoms with Crippen LogP contribution in [0.4, 0.5) is 17.5 Å². The van der Waals surface area contributed by atoms with Crippen molar-refractivity contribution < 1.29 is 0 Å². The van der Waals surface area contributed by atoms with Gasteiger partial charge in [0, 0.05) is 30.5 Å².